The molecule has 0 saturated carbocycles. The van der Waals surface area contributed by atoms with E-state index in [9.17, 15) is 19.5 Å². The number of ketones is 1. The van der Waals surface area contributed by atoms with Gasteiger partial charge < -0.3 is 30.1 Å². The summed E-state index contributed by atoms with van der Waals surface area (Å²) in [7, 11) is 0. The molecule has 1 aliphatic heterocycles. The number of aliphatic hydroxyl groups excluding tert-OH is 1. The van der Waals surface area contributed by atoms with Crippen LogP contribution in [0, 0.1) is 12.8 Å². The Morgan fingerprint density at radius 3 is 2.31 bits per heavy atom. The fourth-order valence-corrected chi connectivity index (χ4v) is 4.52. The van der Waals surface area contributed by atoms with Gasteiger partial charge in [-0.2, -0.15) is 0 Å². The predicted molar refractivity (Wildman–Crippen MR) is 149 cm³/mol. The number of rotatable bonds is 13. The maximum atomic E-state index is 13.3. The molecule has 3 N–H and O–H groups in total. The minimum atomic E-state index is -0.789. The Hall–Kier alpha value is -3.85. The molecule has 9 heteroatoms. The zero-order valence-electron chi connectivity index (χ0n) is 23.4. The summed E-state index contributed by atoms with van der Waals surface area (Å²) in [5.74, 6) is -0.748. The Kier molecular flexibility index (Phi) is 10.1. The molecule has 2 aromatic rings. The van der Waals surface area contributed by atoms with Crippen LogP contribution in [-0.4, -0.2) is 71.9 Å². The number of Topliss-reactive ketones (excluding diaryl/α,β-unsaturated/α-hetero) is 1. The normalized spacial score (nSPS) is 16.8. The van der Waals surface area contributed by atoms with Crippen molar-refractivity contribution >= 4 is 23.4 Å². The van der Waals surface area contributed by atoms with Crippen LogP contribution in [0.25, 0.3) is 5.76 Å². The maximum Gasteiger partial charge on any atom is 0.295 e. The number of ether oxygens (including phenoxy) is 2. The van der Waals surface area contributed by atoms with E-state index in [2.05, 4.69) is 18.7 Å². The first kappa shape index (κ1) is 29.7. The van der Waals surface area contributed by atoms with E-state index in [0.29, 0.717) is 48.2 Å². The van der Waals surface area contributed by atoms with Crippen molar-refractivity contribution in [3.05, 3.63) is 64.7 Å². The fourth-order valence-electron chi connectivity index (χ4n) is 4.52. The molecule has 1 saturated heterocycles. The van der Waals surface area contributed by atoms with Gasteiger partial charge in [0, 0.05) is 18.7 Å². The summed E-state index contributed by atoms with van der Waals surface area (Å²) < 4.78 is 11.2. The third-order valence-corrected chi connectivity index (χ3v) is 6.69. The smallest absolute Gasteiger partial charge is 0.295 e. The number of likely N-dealkylation sites (tertiary alicyclic amines) is 1. The largest absolute Gasteiger partial charge is 0.507 e. The minimum Gasteiger partial charge on any atom is -0.507 e. The Morgan fingerprint density at radius 1 is 1.08 bits per heavy atom. The quantitative estimate of drug-likeness (QED) is 0.227. The van der Waals surface area contributed by atoms with Gasteiger partial charge in [-0.15, -0.1) is 0 Å². The highest BCUT2D eigenvalue weighted by atomic mass is 16.5. The van der Waals surface area contributed by atoms with Crippen molar-refractivity contribution in [2.24, 2.45) is 11.7 Å². The van der Waals surface area contributed by atoms with Crippen LogP contribution in [0.15, 0.2) is 48.0 Å². The van der Waals surface area contributed by atoms with Crippen LogP contribution in [0.2, 0.25) is 0 Å². The lowest BCUT2D eigenvalue weighted by Crippen LogP contribution is -2.38. The van der Waals surface area contributed by atoms with Crippen molar-refractivity contribution in [1.82, 2.24) is 9.80 Å². The van der Waals surface area contributed by atoms with Gasteiger partial charge in [0.2, 0.25) is 0 Å². The first-order chi connectivity index (χ1) is 18.6. The molecule has 2 aromatic carbocycles. The Morgan fingerprint density at radius 2 is 1.74 bits per heavy atom. The average molecular weight is 538 g/mol. The maximum absolute atomic E-state index is 13.3. The molecular weight excluding hydrogens is 498 g/mol. The van der Waals surface area contributed by atoms with Gasteiger partial charge in [0.15, 0.2) is 6.61 Å². The molecule has 3 rings (SSSR count). The number of carbonyl (C=O) groups is 3. The van der Waals surface area contributed by atoms with E-state index in [1.807, 2.05) is 20.8 Å². The molecule has 1 fully saturated rings. The van der Waals surface area contributed by atoms with Crippen molar-refractivity contribution in [3.8, 4) is 11.5 Å². The van der Waals surface area contributed by atoms with Gasteiger partial charge in [-0.1, -0.05) is 39.8 Å². The summed E-state index contributed by atoms with van der Waals surface area (Å²) >= 11 is 0. The van der Waals surface area contributed by atoms with E-state index in [-0.39, 0.29) is 17.9 Å². The van der Waals surface area contributed by atoms with Crippen molar-refractivity contribution in [1.29, 1.82) is 0 Å². The number of aliphatic hydroxyl groups is 1. The molecule has 0 aliphatic carbocycles. The molecule has 0 bridgehead atoms. The van der Waals surface area contributed by atoms with Gasteiger partial charge in [0.05, 0.1) is 18.2 Å². The van der Waals surface area contributed by atoms with E-state index in [0.717, 1.165) is 18.7 Å². The molecule has 0 spiro atoms. The van der Waals surface area contributed by atoms with Gasteiger partial charge in [0.1, 0.15) is 17.3 Å². The highest BCUT2D eigenvalue weighted by molar-refractivity contribution is 6.46. The zero-order valence-corrected chi connectivity index (χ0v) is 23.4. The first-order valence-electron chi connectivity index (χ1n) is 13.3. The topological polar surface area (TPSA) is 122 Å². The minimum absolute atomic E-state index is 0.0283. The molecule has 39 heavy (non-hydrogen) atoms. The van der Waals surface area contributed by atoms with Crippen molar-refractivity contribution < 1.29 is 29.0 Å². The standard InChI is InChI=1S/C30H39N3O6/c1-6-32(7-2)14-15-33-27(21-8-11-23(12-9-21)38-18-25(31)34)26(29(36)30(33)37)28(35)22-10-13-24(20(5)16-22)39-17-19(3)4/h8-13,16,19,27,35H,6-7,14-15,17-18H2,1-5H3,(H2,31,34). The third kappa shape index (κ3) is 7.17. The number of hydrogen-bond acceptors (Lipinski definition) is 7. The second-order valence-electron chi connectivity index (χ2n) is 10.0. The monoisotopic (exact) mass is 537 g/mol. The van der Waals surface area contributed by atoms with Crippen molar-refractivity contribution in [3.63, 3.8) is 0 Å². The van der Waals surface area contributed by atoms with E-state index in [4.69, 9.17) is 15.2 Å². The number of benzene rings is 2. The Labute approximate surface area is 230 Å². The number of nitrogens with two attached hydrogens (primary N) is 1. The number of aryl methyl sites for hydroxylation is 1. The first-order valence-corrected chi connectivity index (χ1v) is 13.3. The lowest BCUT2D eigenvalue weighted by Gasteiger charge is -2.28. The van der Waals surface area contributed by atoms with Crippen molar-refractivity contribution in [2.75, 3.05) is 39.4 Å². The highest BCUT2D eigenvalue weighted by Crippen LogP contribution is 2.40. The molecule has 1 aliphatic rings. The van der Waals surface area contributed by atoms with E-state index < -0.39 is 23.6 Å². The molecule has 1 unspecified atom stereocenters. The summed E-state index contributed by atoms with van der Waals surface area (Å²) in [6.07, 6.45) is 0. The second-order valence-corrected chi connectivity index (χ2v) is 10.0. The molecule has 0 aromatic heterocycles. The summed E-state index contributed by atoms with van der Waals surface area (Å²) in [4.78, 5) is 41.4. The van der Waals surface area contributed by atoms with Crippen LogP contribution >= 0.6 is 0 Å². The molecule has 0 radical (unpaired) electrons. The van der Waals surface area contributed by atoms with Crippen LogP contribution in [0.4, 0.5) is 0 Å². The van der Waals surface area contributed by atoms with Gasteiger partial charge in [-0.3, -0.25) is 14.4 Å². The molecule has 2 amide bonds. The predicted octanol–water partition coefficient (Wildman–Crippen LogP) is 3.66. The van der Waals surface area contributed by atoms with E-state index >= 15 is 0 Å². The number of carbonyl (C=O) groups excluding carboxylic acids is 3. The van der Waals surface area contributed by atoms with Crippen molar-refractivity contribution in [2.45, 2.75) is 40.7 Å². The Bertz CT molecular complexity index is 1220. The number of hydrogen-bond donors (Lipinski definition) is 2. The average Bonchev–Trinajstić information content (AvgIpc) is 3.16. The molecule has 1 heterocycles. The van der Waals surface area contributed by atoms with Gasteiger partial charge in [-0.05, 0) is 67.4 Å². The van der Waals surface area contributed by atoms with Crippen LogP contribution in [-0.2, 0) is 14.4 Å². The molecular formula is C30H39N3O6. The summed E-state index contributed by atoms with van der Waals surface area (Å²) in [6.45, 7) is 12.9. The number of primary amides is 1. The van der Waals surface area contributed by atoms with Gasteiger partial charge in [0.25, 0.3) is 17.6 Å². The highest BCUT2D eigenvalue weighted by Gasteiger charge is 2.46. The number of likely N-dealkylation sites (N-methyl/N-ethyl adjacent to an activating group) is 1. The molecule has 9 nitrogen and oxygen atoms in total. The van der Waals surface area contributed by atoms with E-state index in [1.54, 1.807) is 42.5 Å². The van der Waals surface area contributed by atoms with Crippen LogP contribution in [0.5, 0.6) is 11.5 Å². The van der Waals surface area contributed by atoms with Gasteiger partial charge in [-0.25, -0.2) is 0 Å². The van der Waals surface area contributed by atoms with Crippen LogP contribution < -0.4 is 15.2 Å². The lowest BCUT2D eigenvalue weighted by atomic mass is 9.94. The Balaban J connectivity index is 2.03. The fraction of sp³-hybridized carbons (Fsp3) is 0.433. The van der Waals surface area contributed by atoms with Crippen LogP contribution in [0.1, 0.15) is 50.4 Å². The number of amides is 2. The summed E-state index contributed by atoms with van der Waals surface area (Å²) in [6, 6.07) is 11.2. The summed E-state index contributed by atoms with van der Waals surface area (Å²) in [5.41, 5.74) is 7.06. The molecule has 1 atom stereocenters. The second kappa shape index (κ2) is 13.3. The molecule has 210 valence electrons. The zero-order chi connectivity index (χ0) is 28.7. The van der Waals surface area contributed by atoms with Crippen LogP contribution in [0.3, 0.4) is 0 Å². The van der Waals surface area contributed by atoms with Gasteiger partial charge >= 0.3 is 0 Å². The SMILES string of the molecule is CCN(CC)CCN1C(=O)C(=O)C(=C(O)c2ccc(OCC(C)C)c(C)c2)C1c1ccc(OCC(N)=O)cc1. The summed E-state index contributed by atoms with van der Waals surface area (Å²) in [5, 5.41) is 11.4. The lowest BCUT2D eigenvalue weighted by molar-refractivity contribution is -0.140. The van der Waals surface area contributed by atoms with E-state index in [1.165, 1.54) is 4.90 Å². The third-order valence-electron chi connectivity index (χ3n) is 6.69. The number of nitrogens with zero attached hydrogens (tertiary/aromatic N) is 2.